The molecule has 0 aliphatic heterocycles. The summed E-state index contributed by atoms with van der Waals surface area (Å²) in [7, 11) is 1.32. The summed E-state index contributed by atoms with van der Waals surface area (Å²) in [5.41, 5.74) is 0.371. The second-order valence-electron chi connectivity index (χ2n) is 2.42. The molecule has 0 aliphatic carbocycles. The Kier molecular flexibility index (Phi) is 3.71. The molecule has 14 heavy (non-hydrogen) atoms. The number of ether oxygens (including phenoxy) is 2. The van der Waals surface area contributed by atoms with Crippen molar-refractivity contribution in [3.63, 3.8) is 0 Å². The Morgan fingerprint density at radius 3 is 2.86 bits per heavy atom. The Bertz CT molecular complexity index is 360. The quantitative estimate of drug-likeness (QED) is 0.617. The molecule has 1 aromatic rings. The van der Waals surface area contributed by atoms with Crippen molar-refractivity contribution in [3.05, 3.63) is 41.1 Å². The van der Waals surface area contributed by atoms with E-state index in [1.807, 2.05) is 0 Å². The van der Waals surface area contributed by atoms with Crippen LogP contribution in [0.15, 0.2) is 35.5 Å². The highest BCUT2D eigenvalue weighted by Crippen LogP contribution is 2.24. The van der Waals surface area contributed by atoms with Crippen molar-refractivity contribution in [1.82, 2.24) is 0 Å². The van der Waals surface area contributed by atoms with Crippen LogP contribution >= 0.6 is 15.9 Å². The van der Waals surface area contributed by atoms with Crippen LogP contribution in [0, 0.1) is 0 Å². The zero-order valence-corrected chi connectivity index (χ0v) is 9.21. The van der Waals surface area contributed by atoms with Crippen LogP contribution in [0.1, 0.15) is 10.4 Å². The van der Waals surface area contributed by atoms with Crippen molar-refractivity contribution >= 4 is 21.9 Å². The number of benzene rings is 1. The number of esters is 1. The average Bonchev–Trinajstić information content (AvgIpc) is 2.17. The summed E-state index contributed by atoms with van der Waals surface area (Å²) in [6.07, 6.45) is 1.26. The summed E-state index contributed by atoms with van der Waals surface area (Å²) in [5, 5.41) is 0. The number of carbonyl (C=O) groups is 1. The van der Waals surface area contributed by atoms with Crippen LogP contribution < -0.4 is 4.74 Å². The normalized spacial score (nSPS) is 9.29. The number of rotatable bonds is 3. The predicted octanol–water partition coefficient (Wildman–Crippen LogP) is 2.76. The molecular weight excluding hydrogens is 248 g/mol. The smallest absolute Gasteiger partial charge is 0.341 e. The van der Waals surface area contributed by atoms with Gasteiger partial charge in [-0.25, -0.2) is 4.79 Å². The first-order chi connectivity index (χ1) is 6.69. The molecule has 1 aromatic carbocycles. The summed E-state index contributed by atoms with van der Waals surface area (Å²) in [6.45, 7) is 3.42. The minimum Gasteiger partial charge on any atom is -0.465 e. The SMILES string of the molecule is C=COc1cc(Br)ccc1C(=O)OC. The van der Waals surface area contributed by atoms with Crippen LogP contribution in [0.5, 0.6) is 5.75 Å². The highest BCUT2D eigenvalue weighted by Gasteiger charge is 2.12. The molecule has 0 aromatic heterocycles. The lowest BCUT2D eigenvalue weighted by molar-refractivity contribution is 0.0598. The topological polar surface area (TPSA) is 35.5 Å². The number of methoxy groups -OCH3 is 1. The van der Waals surface area contributed by atoms with Crippen LogP contribution in [-0.4, -0.2) is 13.1 Å². The summed E-state index contributed by atoms with van der Waals surface area (Å²) in [5.74, 6) is -0.0180. The van der Waals surface area contributed by atoms with Gasteiger partial charge in [0.05, 0.1) is 13.4 Å². The highest BCUT2D eigenvalue weighted by molar-refractivity contribution is 9.10. The first kappa shape index (κ1) is 10.8. The van der Waals surface area contributed by atoms with Gasteiger partial charge in [-0.3, -0.25) is 0 Å². The third kappa shape index (κ3) is 2.35. The maximum atomic E-state index is 11.3. The molecule has 0 N–H and O–H groups in total. The number of halogens is 1. The van der Waals surface area contributed by atoms with E-state index in [1.165, 1.54) is 13.4 Å². The zero-order chi connectivity index (χ0) is 10.6. The third-order valence-corrected chi connectivity index (χ3v) is 2.05. The molecule has 0 unspecified atom stereocenters. The summed E-state index contributed by atoms with van der Waals surface area (Å²) in [6, 6.07) is 5.03. The average molecular weight is 257 g/mol. The van der Waals surface area contributed by atoms with E-state index < -0.39 is 5.97 Å². The molecule has 3 nitrogen and oxygen atoms in total. The maximum Gasteiger partial charge on any atom is 0.341 e. The largest absolute Gasteiger partial charge is 0.465 e. The molecule has 4 heteroatoms. The first-order valence-electron chi connectivity index (χ1n) is 3.84. The molecule has 0 spiro atoms. The van der Waals surface area contributed by atoms with E-state index in [0.717, 1.165) is 4.47 Å². The Hall–Kier alpha value is -1.29. The van der Waals surface area contributed by atoms with Crippen molar-refractivity contribution in [3.8, 4) is 5.75 Å². The fourth-order valence-corrected chi connectivity index (χ4v) is 1.30. The molecule has 0 atom stereocenters. The molecule has 0 bridgehead atoms. The lowest BCUT2D eigenvalue weighted by Crippen LogP contribution is -2.03. The van der Waals surface area contributed by atoms with Gasteiger partial charge < -0.3 is 9.47 Å². The van der Waals surface area contributed by atoms with Gasteiger partial charge in [0.1, 0.15) is 11.3 Å². The maximum absolute atomic E-state index is 11.3. The van der Waals surface area contributed by atoms with Crippen LogP contribution in [0.4, 0.5) is 0 Å². The fraction of sp³-hybridized carbons (Fsp3) is 0.100. The number of hydrogen-bond acceptors (Lipinski definition) is 3. The van der Waals surface area contributed by atoms with Gasteiger partial charge in [0.15, 0.2) is 0 Å². The molecule has 0 fully saturated rings. The molecule has 74 valence electrons. The molecule has 0 saturated carbocycles. The van der Waals surface area contributed by atoms with Crippen molar-refractivity contribution < 1.29 is 14.3 Å². The van der Waals surface area contributed by atoms with E-state index in [2.05, 4.69) is 27.2 Å². The highest BCUT2D eigenvalue weighted by atomic mass is 79.9. The molecule has 0 amide bonds. The molecule has 0 saturated heterocycles. The van der Waals surface area contributed by atoms with Crippen LogP contribution in [0.25, 0.3) is 0 Å². The van der Waals surface area contributed by atoms with Gasteiger partial charge in [-0.05, 0) is 18.2 Å². The van der Waals surface area contributed by atoms with E-state index in [1.54, 1.807) is 18.2 Å². The van der Waals surface area contributed by atoms with Gasteiger partial charge in [0, 0.05) is 4.47 Å². The molecule has 0 radical (unpaired) electrons. The Morgan fingerprint density at radius 1 is 1.57 bits per heavy atom. The van der Waals surface area contributed by atoms with E-state index in [0.29, 0.717) is 11.3 Å². The van der Waals surface area contributed by atoms with Crippen LogP contribution in [-0.2, 0) is 4.74 Å². The van der Waals surface area contributed by atoms with E-state index in [4.69, 9.17) is 4.74 Å². The van der Waals surface area contributed by atoms with Gasteiger partial charge in [-0.1, -0.05) is 22.5 Å². The second-order valence-corrected chi connectivity index (χ2v) is 3.33. The minimum absolute atomic E-state index is 0.371. The van der Waals surface area contributed by atoms with Gasteiger partial charge in [-0.15, -0.1) is 0 Å². The van der Waals surface area contributed by atoms with Crippen molar-refractivity contribution in [1.29, 1.82) is 0 Å². The Morgan fingerprint density at radius 2 is 2.29 bits per heavy atom. The van der Waals surface area contributed by atoms with Crippen molar-refractivity contribution in [2.75, 3.05) is 7.11 Å². The predicted molar refractivity (Wildman–Crippen MR) is 56.3 cm³/mol. The zero-order valence-electron chi connectivity index (χ0n) is 7.62. The third-order valence-electron chi connectivity index (χ3n) is 1.56. The molecule has 0 heterocycles. The standard InChI is InChI=1S/C10H9BrO3/c1-3-14-9-6-7(11)4-5-8(9)10(12)13-2/h3-6H,1H2,2H3. The summed E-state index contributed by atoms with van der Waals surface area (Å²) >= 11 is 3.27. The molecular formula is C10H9BrO3. The van der Waals surface area contributed by atoms with Crippen molar-refractivity contribution in [2.45, 2.75) is 0 Å². The monoisotopic (exact) mass is 256 g/mol. The summed E-state index contributed by atoms with van der Waals surface area (Å²) in [4.78, 5) is 11.3. The number of carbonyl (C=O) groups excluding carboxylic acids is 1. The number of hydrogen-bond donors (Lipinski definition) is 0. The van der Waals surface area contributed by atoms with Crippen LogP contribution in [0.3, 0.4) is 0 Å². The van der Waals surface area contributed by atoms with Gasteiger partial charge >= 0.3 is 5.97 Å². The van der Waals surface area contributed by atoms with Crippen LogP contribution in [0.2, 0.25) is 0 Å². The Balaban J connectivity index is 3.13. The lowest BCUT2D eigenvalue weighted by atomic mass is 10.2. The molecule has 0 aliphatic rings. The van der Waals surface area contributed by atoms with Gasteiger partial charge in [0.2, 0.25) is 0 Å². The van der Waals surface area contributed by atoms with Gasteiger partial charge in [-0.2, -0.15) is 0 Å². The fourth-order valence-electron chi connectivity index (χ4n) is 0.962. The minimum atomic E-state index is -0.436. The summed E-state index contributed by atoms with van der Waals surface area (Å²) < 4.78 is 10.5. The lowest BCUT2D eigenvalue weighted by Gasteiger charge is -2.06. The first-order valence-corrected chi connectivity index (χ1v) is 4.63. The molecule has 1 rings (SSSR count). The van der Waals surface area contributed by atoms with Gasteiger partial charge in [0.25, 0.3) is 0 Å². The van der Waals surface area contributed by atoms with E-state index >= 15 is 0 Å². The van der Waals surface area contributed by atoms with E-state index in [-0.39, 0.29) is 0 Å². The Labute approximate surface area is 90.5 Å². The second kappa shape index (κ2) is 4.81. The van der Waals surface area contributed by atoms with E-state index in [9.17, 15) is 4.79 Å². The van der Waals surface area contributed by atoms with Crippen molar-refractivity contribution in [2.24, 2.45) is 0 Å².